The molecule has 2 rings (SSSR count). The first-order chi connectivity index (χ1) is 16.6. The molecule has 2 aromatic carbocycles. The van der Waals surface area contributed by atoms with Crippen LogP contribution in [-0.2, 0) is 4.79 Å². The second-order valence-electron chi connectivity index (χ2n) is 7.55. The topological polar surface area (TPSA) is 46.2 Å². The molecular formula is C23H17BrCl3F6NO2. The van der Waals surface area contributed by atoms with E-state index in [1.54, 1.807) is 0 Å². The predicted molar refractivity (Wildman–Crippen MR) is 131 cm³/mol. The van der Waals surface area contributed by atoms with Crippen molar-refractivity contribution in [3.63, 3.8) is 0 Å². The van der Waals surface area contributed by atoms with Crippen LogP contribution in [0.5, 0.6) is 0 Å². The number of amides is 1. The van der Waals surface area contributed by atoms with Gasteiger partial charge < -0.3 is 5.32 Å². The van der Waals surface area contributed by atoms with E-state index in [1.165, 1.54) is 24.3 Å². The van der Waals surface area contributed by atoms with Crippen molar-refractivity contribution in [3.8, 4) is 0 Å². The number of Topliss-reactive ketones (excluding diaryl/α,β-unsaturated/α-hetero) is 1. The molecule has 0 spiro atoms. The standard InChI is InChI=1S/C23H17BrCl3F6NO2/c24-16-9-12(1-3-14(16)19(35)5-6-20(36)34-8-7-22(28,29)30)2-4-15(23(31,32)33)13-10-17(25)21(27)18(26)11-13/h1-4,9-11,15H,5-8H2,(H,34,36)/b4-2+. The van der Waals surface area contributed by atoms with E-state index in [-0.39, 0.29) is 43.5 Å². The number of alkyl halides is 6. The maximum atomic E-state index is 13.7. The maximum Gasteiger partial charge on any atom is 0.399 e. The Labute approximate surface area is 225 Å². The van der Waals surface area contributed by atoms with E-state index in [4.69, 9.17) is 34.8 Å². The van der Waals surface area contributed by atoms with Gasteiger partial charge in [0, 0.05) is 29.4 Å². The number of rotatable bonds is 9. The lowest BCUT2D eigenvalue weighted by Gasteiger charge is -2.18. The quantitative estimate of drug-likeness (QED) is 0.169. The number of benzene rings is 2. The summed E-state index contributed by atoms with van der Waals surface area (Å²) >= 11 is 20.7. The van der Waals surface area contributed by atoms with Gasteiger partial charge in [-0.15, -0.1) is 0 Å². The van der Waals surface area contributed by atoms with Crippen molar-refractivity contribution in [2.75, 3.05) is 6.54 Å². The van der Waals surface area contributed by atoms with Crippen molar-refractivity contribution in [3.05, 3.63) is 72.6 Å². The fraction of sp³-hybridized carbons (Fsp3) is 0.304. The Bertz CT molecular complexity index is 1130. The van der Waals surface area contributed by atoms with Crippen LogP contribution in [0, 0.1) is 0 Å². The monoisotopic (exact) mass is 637 g/mol. The molecule has 36 heavy (non-hydrogen) atoms. The van der Waals surface area contributed by atoms with Crippen molar-refractivity contribution in [2.24, 2.45) is 0 Å². The molecule has 0 aliphatic carbocycles. The van der Waals surface area contributed by atoms with Gasteiger partial charge in [-0.25, -0.2) is 0 Å². The minimum atomic E-state index is -4.66. The highest BCUT2D eigenvalue weighted by Gasteiger charge is 2.39. The molecule has 0 radical (unpaired) electrons. The van der Waals surface area contributed by atoms with Gasteiger partial charge in [0.15, 0.2) is 5.78 Å². The number of nitrogens with one attached hydrogen (secondary N) is 1. The number of hydrogen-bond acceptors (Lipinski definition) is 2. The third-order valence-corrected chi connectivity index (χ3v) is 6.66. The highest BCUT2D eigenvalue weighted by atomic mass is 79.9. The van der Waals surface area contributed by atoms with Crippen molar-refractivity contribution in [2.45, 2.75) is 37.5 Å². The molecule has 0 aliphatic rings. The van der Waals surface area contributed by atoms with Gasteiger partial charge in [-0.05, 0) is 35.4 Å². The number of hydrogen-bond donors (Lipinski definition) is 1. The van der Waals surface area contributed by atoms with Gasteiger partial charge in [-0.2, -0.15) is 26.3 Å². The van der Waals surface area contributed by atoms with Gasteiger partial charge in [-0.1, -0.05) is 69.0 Å². The largest absolute Gasteiger partial charge is 0.399 e. The lowest BCUT2D eigenvalue weighted by molar-refractivity contribution is -0.139. The van der Waals surface area contributed by atoms with Crippen molar-refractivity contribution < 1.29 is 35.9 Å². The maximum absolute atomic E-state index is 13.7. The fourth-order valence-corrected chi connectivity index (χ4v) is 4.26. The fourth-order valence-electron chi connectivity index (χ4n) is 3.03. The van der Waals surface area contributed by atoms with E-state index in [2.05, 4.69) is 21.2 Å². The Morgan fingerprint density at radius 3 is 2.11 bits per heavy atom. The average Bonchev–Trinajstić information content (AvgIpc) is 2.74. The summed E-state index contributed by atoms with van der Waals surface area (Å²) in [5, 5.41) is 1.78. The van der Waals surface area contributed by atoms with Gasteiger partial charge in [0.25, 0.3) is 0 Å². The van der Waals surface area contributed by atoms with Gasteiger partial charge in [0.05, 0.1) is 27.4 Å². The molecule has 0 aliphatic heterocycles. The zero-order valence-electron chi connectivity index (χ0n) is 18.0. The molecule has 1 amide bonds. The number of ketones is 1. The lowest BCUT2D eigenvalue weighted by atomic mass is 9.96. The van der Waals surface area contributed by atoms with Gasteiger partial charge in [0.1, 0.15) is 0 Å². The summed E-state index contributed by atoms with van der Waals surface area (Å²) in [6, 6.07) is 6.35. The zero-order valence-corrected chi connectivity index (χ0v) is 21.9. The summed E-state index contributed by atoms with van der Waals surface area (Å²) in [6.45, 7) is -0.589. The molecular weight excluding hydrogens is 623 g/mol. The van der Waals surface area contributed by atoms with Crippen LogP contribution in [-0.4, -0.2) is 30.6 Å². The molecule has 13 heteroatoms. The molecule has 3 nitrogen and oxygen atoms in total. The van der Waals surface area contributed by atoms with Crippen LogP contribution in [0.15, 0.2) is 40.9 Å². The van der Waals surface area contributed by atoms with Crippen LogP contribution >= 0.6 is 50.7 Å². The van der Waals surface area contributed by atoms with Crippen molar-refractivity contribution >= 4 is 68.5 Å². The SMILES string of the molecule is O=C(CCC(=O)c1ccc(/C=C/C(c2cc(Cl)c(Cl)c(Cl)c2)C(F)(F)F)cc1Br)NCCC(F)(F)F. The van der Waals surface area contributed by atoms with Crippen LogP contribution in [0.1, 0.15) is 46.7 Å². The molecule has 0 aromatic heterocycles. The van der Waals surface area contributed by atoms with E-state index in [0.29, 0.717) is 5.56 Å². The molecule has 0 saturated carbocycles. The van der Waals surface area contributed by atoms with E-state index in [1.807, 2.05) is 0 Å². The Kier molecular flexibility index (Phi) is 10.7. The normalized spacial score (nSPS) is 13.2. The molecule has 0 heterocycles. The molecule has 2 aromatic rings. The third kappa shape index (κ3) is 9.28. The first kappa shape index (κ1) is 30.5. The molecule has 1 atom stereocenters. The molecule has 0 saturated heterocycles. The first-order valence-electron chi connectivity index (χ1n) is 10.1. The summed E-state index contributed by atoms with van der Waals surface area (Å²) in [5.41, 5.74) is 0.292. The first-order valence-corrected chi connectivity index (χ1v) is 12.1. The molecule has 0 bridgehead atoms. The van der Waals surface area contributed by atoms with Gasteiger partial charge in [-0.3, -0.25) is 9.59 Å². The molecule has 196 valence electrons. The van der Waals surface area contributed by atoms with Crippen molar-refractivity contribution in [1.29, 1.82) is 0 Å². The van der Waals surface area contributed by atoms with Crippen LogP contribution in [0.4, 0.5) is 26.3 Å². The second kappa shape index (κ2) is 12.7. The van der Waals surface area contributed by atoms with E-state index >= 15 is 0 Å². The zero-order chi connectivity index (χ0) is 27.3. The molecule has 1 unspecified atom stereocenters. The Morgan fingerprint density at radius 1 is 0.972 bits per heavy atom. The van der Waals surface area contributed by atoms with Gasteiger partial charge in [0.2, 0.25) is 5.91 Å². The summed E-state index contributed by atoms with van der Waals surface area (Å²) < 4.78 is 77.7. The Balaban J connectivity index is 2.10. The number of halogens is 10. The van der Waals surface area contributed by atoms with E-state index in [0.717, 1.165) is 18.2 Å². The van der Waals surface area contributed by atoms with Crippen LogP contribution in [0.25, 0.3) is 6.08 Å². The molecule has 0 fully saturated rings. The summed E-state index contributed by atoms with van der Waals surface area (Å²) in [6.07, 6.45) is -8.71. The number of carbonyl (C=O) groups excluding carboxylic acids is 2. The number of allylic oxidation sites excluding steroid dienone is 1. The van der Waals surface area contributed by atoms with E-state index in [9.17, 15) is 35.9 Å². The summed E-state index contributed by atoms with van der Waals surface area (Å²) in [7, 11) is 0. The van der Waals surface area contributed by atoms with Crippen LogP contribution in [0.2, 0.25) is 15.1 Å². The highest BCUT2D eigenvalue weighted by Crippen LogP contribution is 2.41. The summed E-state index contributed by atoms with van der Waals surface area (Å²) in [5.74, 6) is -3.22. The number of carbonyl (C=O) groups is 2. The Morgan fingerprint density at radius 2 is 1.58 bits per heavy atom. The van der Waals surface area contributed by atoms with Gasteiger partial charge >= 0.3 is 12.4 Å². The average molecular weight is 640 g/mol. The highest BCUT2D eigenvalue weighted by molar-refractivity contribution is 9.10. The summed E-state index contributed by atoms with van der Waals surface area (Å²) in [4.78, 5) is 24.0. The minimum absolute atomic E-state index is 0.0602. The molecule has 1 N–H and O–H groups in total. The predicted octanol–water partition coefficient (Wildman–Crippen LogP) is 8.80. The lowest BCUT2D eigenvalue weighted by Crippen LogP contribution is -2.28. The minimum Gasteiger partial charge on any atom is -0.356 e. The third-order valence-electron chi connectivity index (χ3n) is 4.80. The smallest absolute Gasteiger partial charge is 0.356 e. The Hall–Kier alpha value is -1.75. The van der Waals surface area contributed by atoms with Crippen molar-refractivity contribution in [1.82, 2.24) is 5.32 Å². The van der Waals surface area contributed by atoms with E-state index < -0.39 is 42.9 Å². The van der Waals surface area contributed by atoms with Crippen LogP contribution in [0.3, 0.4) is 0 Å². The van der Waals surface area contributed by atoms with Crippen LogP contribution < -0.4 is 5.32 Å². The second-order valence-corrected chi connectivity index (χ2v) is 9.60.